The third-order valence-corrected chi connectivity index (χ3v) is 3.77. The molecule has 0 aliphatic heterocycles. The summed E-state index contributed by atoms with van der Waals surface area (Å²) in [6, 6.07) is 21.1. The maximum absolute atomic E-state index is 5.26. The van der Waals surface area contributed by atoms with Gasteiger partial charge >= 0.3 is 0 Å². The highest BCUT2D eigenvalue weighted by atomic mass is 16.5. The fourth-order valence-corrected chi connectivity index (χ4v) is 2.69. The maximum Gasteiger partial charge on any atom is 0.118 e. The molecule has 3 aromatic carbocycles. The number of methoxy groups -OCH3 is 1. The van der Waals surface area contributed by atoms with Gasteiger partial charge in [0, 0.05) is 25.3 Å². The smallest absolute Gasteiger partial charge is 0.118 e. The molecule has 3 aromatic rings. The van der Waals surface area contributed by atoms with Gasteiger partial charge in [0.15, 0.2) is 0 Å². The zero-order chi connectivity index (χ0) is 14.8. The van der Waals surface area contributed by atoms with Gasteiger partial charge in [-0.1, -0.05) is 42.5 Å². The summed E-state index contributed by atoms with van der Waals surface area (Å²) in [5.41, 5.74) is 3.69. The number of ether oxygens (including phenoxy) is 1. The Bertz CT molecular complexity index is 760. The van der Waals surface area contributed by atoms with Crippen molar-refractivity contribution < 1.29 is 4.74 Å². The SMILES string of the molecule is COc1ccc(-c2c(N(C)C)ccc3ccccc23)cc1. The summed E-state index contributed by atoms with van der Waals surface area (Å²) in [6.45, 7) is 0. The Hall–Kier alpha value is -2.48. The predicted molar refractivity (Wildman–Crippen MR) is 90.3 cm³/mol. The molecule has 21 heavy (non-hydrogen) atoms. The number of benzene rings is 3. The second-order valence-electron chi connectivity index (χ2n) is 5.30. The van der Waals surface area contributed by atoms with E-state index in [0.717, 1.165) is 5.75 Å². The van der Waals surface area contributed by atoms with E-state index in [1.807, 2.05) is 12.1 Å². The lowest BCUT2D eigenvalue weighted by Gasteiger charge is -2.20. The van der Waals surface area contributed by atoms with Crippen LogP contribution in [0.5, 0.6) is 5.75 Å². The largest absolute Gasteiger partial charge is 0.497 e. The molecule has 2 nitrogen and oxygen atoms in total. The number of hydrogen-bond acceptors (Lipinski definition) is 2. The molecule has 0 aromatic heterocycles. The van der Waals surface area contributed by atoms with E-state index >= 15 is 0 Å². The number of fused-ring (bicyclic) bond motifs is 1. The molecular formula is C19H19NO. The number of rotatable bonds is 3. The Labute approximate surface area is 125 Å². The van der Waals surface area contributed by atoms with Gasteiger partial charge in [-0.25, -0.2) is 0 Å². The summed E-state index contributed by atoms with van der Waals surface area (Å²) in [5, 5.41) is 2.53. The van der Waals surface area contributed by atoms with E-state index in [1.165, 1.54) is 27.6 Å². The second kappa shape index (κ2) is 5.49. The molecule has 0 bridgehead atoms. The van der Waals surface area contributed by atoms with Crippen LogP contribution >= 0.6 is 0 Å². The minimum Gasteiger partial charge on any atom is -0.497 e. The van der Waals surface area contributed by atoms with E-state index in [4.69, 9.17) is 4.74 Å². The van der Waals surface area contributed by atoms with Gasteiger partial charge in [-0.3, -0.25) is 0 Å². The van der Waals surface area contributed by atoms with Crippen molar-refractivity contribution in [3.05, 3.63) is 60.7 Å². The predicted octanol–water partition coefficient (Wildman–Crippen LogP) is 4.58. The van der Waals surface area contributed by atoms with Crippen molar-refractivity contribution in [2.45, 2.75) is 0 Å². The molecule has 0 aliphatic rings. The molecule has 106 valence electrons. The van der Waals surface area contributed by atoms with E-state index in [9.17, 15) is 0 Å². The van der Waals surface area contributed by atoms with Crippen LogP contribution in [0.2, 0.25) is 0 Å². The molecule has 0 heterocycles. The number of nitrogens with zero attached hydrogens (tertiary/aromatic N) is 1. The van der Waals surface area contributed by atoms with E-state index in [1.54, 1.807) is 7.11 Å². The van der Waals surface area contributed by atoms with Crippen LogP contribution in [0, 0.1) is 0 Å². The molecule has 0 unspecified atom stereocenters. The molecule has 0 saturated carbocycles. The monoisotopic (exact) mass is 277 g/mol. The minimum absolute atomic E-state index is 0.880. The van der Waals surface area contributed by atoms with Gasteiger partial charge in [0.2, 0.25) is 0 Å². The average Bonchev–Trinajstić information content (AvgIpc) is 2.53. The van der Waals surface area contributed by atoms with Crippen molar-refractivity contribution in [1.82, 2.24) is 0 Å². The van der Waals surface area contributed by atoms with Crippen LogP contribution in [0.15, 0.2) is 60.7 Å². The highest BCUT2D eigenvalue weighted by Crippen LogP contribution is 2.37. The fourth-order valence-electron chi connectivity index (χ4n) is 2.69. The van der Waals surface area contributed by atoms with Crippen LogP contribution in [0.25, 0.3) is 21.9 Å². The first-order chi connectivity index (χ1) is 10.2. The molecule has 0 spiro atoms. The first kappa shape index (κ1) is 13.5. The first-order valence-corrected chi connectivity index (χ1v) is 7.04. The van der Waals surface area contributed by atoms with E-state index in [-0.39, 0.29) is 0 Å². The van der Waals surface area contributed by atoms with Gasteiger partial charge in [0.25, 0.3) is 0 Å². The number of anilines is 1. The van der Waals surface area contributed by atoms with Crippen LogP contribution in [0.1, 0.15) is 0 Å². The summed E-state index contributed by atoms with van der Waals surface area (Å²) < 4.78 is 5.26. The summed E-state index contributed by atoms with van der Waals surface area (Å²) in [4.78, 5) is 2.16. The molecule has 0 fully saturated rings. The topological polar surface area (TPSA) is 12.5 Å². The van der Waals surface area contributed by atoms with E-state index in [2.05, 4.69) is 67.5 Å². The van der Waals surface area contributed by atoms with Crippen LogP contribution in [0.3, 0.4) is 0 Å². The molecule has 0 saturated heterocycles. The van der Waals surface area contributed by atoms with Crippen LogP contribution in [-0.4, -0.2) is 21.2 Å². The van der Waals surface area contributed by atoms with Crippen LogP contribution in [0.4, 0.5) is 5.69 Å². The Morgan fingerprint density at radius 1 is 0.810 bits per heavy atom. The summed E-state index contributed by atoms with van der Waals surface area (Å²) >= 11 is 0. The van der Waals surface area contributed by atoms with Crippen molar-refractivity contribution in [1.29, 1.82) is 0 Å². The maximum atomic E-state index is 5.26. The molecular weight excluding hydrogens is 258 g/mol. The zero-order valence-corrected chi connectivity index (χ0v) is 12.6. The van der Waals surface area contributed by atoms with Crippen molar-refractivity contribution in [3.63, 3.8) is 0 Å². The molecule has 0 N–H and O–H groups in total. The summed E-state index contributed by atoms with van der Waals surface area (Å²) in [6.07, 6.45) is 0. The van der Waals surface area contributed by atoms with Gasteiger partial charge < -0.3 is 9.64 Å². The van der Waals surface area contributed by atoms with E-state index < -0.39 is 0 Å². The van der Waals surface area contributed by atoms with Crippen LogP contribution in [-0.2, 0) is 0 Å². The summed E-state index contributed by atoms with van der Waals surface area (Å²) in [7, 11) is 5.85. The van der Waals surface area contributed by atoms with Gasteiger partial charge in [-0.05, 0) is 34.5 Å². The molecule has 0 amide bonds. The lowest BCUT2D eigenvalue weighted by atomic mass is 9.96. The van der Waals surface area contributed by atoms with Crippen molar-refractivity contribution in [2.24, 2.45) is 0 Å². The van der Waals surface area contributed by atoms with Crippen LogP contribution < -0.4 is 9.64 Å². The molecule has 0 aliphatic carbocycles. The molecule has 0 radical (unpaired) electrons. The highest BCUT2D eigenvalue weighted by Gasteiger charge is 2.11. The zero-order valence-electron chi connectivity index (χ0n) is 12.6. The Kier molecular flexibility index (Phi) is 3.53. The summed E-state index contributed by atoms with van der Waals surface area (Å²) in [5.74, 6) is 0.880. The van der Waals surface area contributed by atoms with Gasteiger partial charge in [-0.15, -0.1) is 0 Å². The van der Waals surface area contributed by atoms with Crippen molar-refractivity contribution >= 4 is 16.5 Å². The third kappa shape index (κ3) is 2.45. The van der Waals surface area contributed by atoms with E-state index in [0.29, 0.717) is 0 Å². The quantitative estimate of drug-likeness (QED) is 0.694. The van der Waals surface area contributed by atoms with Gasteiger partial charge in [0.05, 0.1) is 7.11 Å². The lowest BCUT2D eigenvalue weighted by molar-refractivity contribution is 0.415. The standard InChI is InChI=1S/C19H19NO/c1-20(2)18-13-10-14-6-4-5-7-17(14)19(18)15-8-11-16(21-3)12-9-15/h4-13H,1-3H3. The van der Waals surface area contributed by atoms with Crippen molar-refractivity contribution in [3.8, 4) is 16.9 Å². The lowest BCUT2D eigenvalue weighted by Crippen LogP contribution is -2.10. The van der Waals surface area contributed by atoms with Gasteiger partial charge in [0.1, 0.15) is 5.75 Å². The van der Waals surface area contributed by atoms with Gasteiger partial charge in [-0.2, -0.15) is 0 Å². The Balaban J connectivity index is 2.29. The first-order valence-electron chi connectivity index (χ1n) is 7.04. The van der Waals surface area contributed by atoms with Crippen molar-refractivity contribution in [2.75, 3.05) is 26.1 Å². The third-order valence-electron chi connectivity index (χ3n) is 3.77. The fraction of sp³-hybridized carbons (Fsp3) is 0.158. The average molecular weight is 277 g/mol. The number of hydrogen-bond donors (Lipinski definition) is 0. The molecule has 0 atom stereocenters. The normalized spacial score (nSPS) is 10.6. The minimum atomic E-state index is 0.880. The molecule has 3 rings (SSSR count). The second-order valence-corrected chi connectivity index (χ2v) is 5.30. The molecule has 2 heteroatoms. The highest BCUT2D eigenvalue weighted by molar-refractivity contribution is 6.02. The Morgan fingerprint density at radius 2 is 1.52 bits per heavy atom. The Morgan fingerprint density at radius 3 is 2.19 bits per heavy atom.